The number of aromatic nitrogens is 3. The summed E-state index contributed by atoms with van der Waals surface area (Å²) in [6.45, 7) is 1.80. The number of nitrogens with zero attached hydrogens (tertiary/aromatic N) is 4. The van der Waals surface area contributed by atoms with Gasteiger partial charge in [-0.1, -0.05) is 18.2 Å². The molecule has 0 saturated carbocycles. The molecule has 18 heavy (non-hydrogen) atoms. The molecule has 0 aliphatic rings. The fraction of sp³-hybridized carbons (Fsp3) is 0.250. The van der Waals surface area contributed by atoms with Crippen molar-refractivity contribution in [2.75, 3.05) is 18.1 Å². The van der Waals surface area contributed by atoms with E-state index in [2.05, 4.69) is 15.0 Å². The van der Waals surface area contributed by atoms with E-state index >= 15 is 0 Å². The second kappa shape index (κ2) is 5.50. The van der Waals surface area contributed by atoms with Gasteiger partial charge in [-0.15, -0.1) is 0 Å². The standard InChI is InChI=1S/C12H13FN4O/c1-9-14-11(13)16-12(15-9)17(7-8-18)10-5-3-2-4-6-10/h2-6,18H,7-8H2,1H3. The molecule has 1 heterocycles. The van der Waals surface area contributed by atoms with Gasteiger partial charge in [0.15, 0.2) is 0 Å². The molecule has 0 amide bonds. The van der Waals surface area contributed by atoms with E-state index < -0.39 is 6.08 Å². The molecule has 2 rings (SSSR count). The normalized spacial score (nSPS) is 10.4. The topological polar surface area (TPSA) is 62.1 Å². The maximum absolute atomic E-state index is 13.2. The van der Waals surface area contributed by atoms with Gasteiger partial charge in [0.2, 0.25) is 5.95 Å². The van der Waals surface area contributed by atoms with Crippen molar-refractivity contribution in [3.63, 3.8) is 0 Å². The maximum atomic E-state index is 13.2. The summed E-state index contributed by atoms with van der Waals surface area (Å²) in [5.74, 6) is 0.497. The van der Waals surface area contributed by atoms with Crippen LogP contribution in [0.5, 0.6) is 0 Å². The first kappa shape index (κ1) is 12.4. The highest BCUT2D eigenvalue weighted by molar-refractivity contribution is 5.56. The molecule has 0 fully saturated rings. The Hall–Kier alpha value is -2.08. The van der Waals surface area contributed by atoms with E-state index in [1.807, 2.05) is 30.3 Å². The molecule has 0 saturated heterocycles. The van der Waals surface area contributed by atoms with Gasteiger partial charge in [0, 0.05) is 12.2 Å². The predicted octanol–water partition coefficient (Wildman–Crippen LogP) is 1.45. The minimum Gasteiger partial charge on any atom is -0.395 e. The molecular weight excluding hydrogens is 235 g/mol. The van der Waals surface area contributed by atoms with Crippen LogP contribution in [0.1, 0.15) is 5.82 Å². The number of benzene rings is 1. The number of aliphatic hydroxyl groups is 1. The van der Waals surface area contributed by atoms with Crippen molar-refractivity contribution in [1.82, 2.24) is 15.0 Å². The number of hydrogen-bond donors (Lipinski definition) is 1. The molecule has 0 bridgehead atoms. The van der Waals surface area contributed by atoms with Gasteiger partial charge >= 0.3 is 6.08 Å². The first-order valence-electron chi connectivity index (χ1n) is 5.52. The summed E-state index contributed by atoms with van der Waals surface area (Å²) in [6, 6.07) is 9.26. The van der Waals surface area contributed by atoms with Gasteiger partial charge in [-0.2, -0.15) is 19.3 Å². The van der Waals surface area contributed by atoms with Crippen molar-refractivity contribution in [2.24, 2.45) is 0 Å². The second-order valence-electron chi connectivity index (χ2n) is 3.66. The van der Waals surface area contributed by atoms with Crippen LogP contribution in [0.15, 0.2) is 30.3 Å². The van der Waals surface area contributed by atoms with E-state index in [0.717, 1.165) is 5.69 Å². The Morgan fingerprint density at radius 2 is 1.89 bits per heavy atom. The molecule has 0 spiro atoms. The summed E-state index contributed by atoms with van der Waals surface area (Å²) in [6.07, 6.45) is -0.823. The van der Waals surface area contributed by atoms with E-state index in [1.165, 1.54) is 0 Å². The van der Waals surface area contributed by atoms with Crippen LogP contribution in [0.4, 0.5) is 16.0 Å². The minimum absolute atomic E-state index is 0.0821. The lowest BCUT2D eigenvalue weighted by Crippen LogP contribution is -2.24. The van der Waals surface area contributed by atoms with Crippen LogP contribution in [0.25, 0.3) is 0 Å². The monoisotopic (exact) mass is 248 g/mol. The summed E-state index contributed by atoms with van der Waals surface area (Å²) < 4.78 is 13.2. The van der Waals surface area contributed by atoms with Crippen molar-refractivity contribution in [2.45, 2.75) is 6.92 Å². The Morgan fingerprint density at radius 1 is 1.17 bits per heavy atom. The fourth-order valence-electron chi connectivity index (χ4n) is 1.61. The van der Waals surface area contributed by atoms with E-state index in [4.69, 9.17) is 5.11 Å². The zero-order chi connectivity index (χ0) is 13.0. The first-order chi connectivity index (χ1) is 8.70. The van der Waals surface area contributed by atoms with Crippen molar-refractivity contribution < 1.29 is 9.50 Å². The molecule has 1 aromatic heterocycles. The number of rotatable bonds is 4. The van der Waals surface area contributed by atoms with Gasteiger partial charge in [-0.05, 0) is 19.1 Å². The highest BCUT2D eigenvalue weighted by Gasteiger charge is 2.13. The average molecular weight is 248 g/mol. The van der Waals surface area contributed by atoms with Crippen LogP contribution in [0, 0.1) is 13.0 Å². The van der Waals surface area contributed by atoms with Crippen LogP contribution >= 0.6 is 0 Å². The molecule has 0 unspecified atom stereocenters. The predicted molar refractivity (Wildman–Crippen MR) is 65.1 cm³/mol. The van der Waals surface area contributed by atoms with Crippen molar-refractivity contribution >= 4 is 11.6 Å². The van der Waals surface area contributed by atoms with Gasteiger partial charge in [-0.25, -0.2) is 0 Å². The second-order valence-corrected chi connectivity index (χ2v) is 3.66. The number of anilines is 2. The number of aryl methyl sites for hydroxylation is 1. The third-order valence-electron chi connectivity index (χ3n) is 2.34. The van der Waals surface area contributed by atoms with Crippen LogP contribution < -0.4 is 4.90 Å². The molecule has 0 atom stereocenters. The lowest BCUT2D eigenvalue weighted by Gasteiger charge is -2.21. The molecule has 0 aliphatic carbocycles. The van der Waals surface area contributed by atoms with Crippen LogP contribution in [0.3, 0.4) is 0 Å². The van der Waals surface area contributed by atoms with Gasteiger partial charge < -0.3 is 10.0 Å². The Balaban J connectivity index is 2.41. The Morgan fingerprint density at radius 3 is 2.50 bits per heavy atom. The van der Waals surface area contributed by atoms with Gasteiger partial charge in [0.1, 0.15) is 5.82 Å². The fourth-order valence-corrected chi connectivity index (χ4v) is 1.61. The minimum atomic E-state index is -0.823. The molecule has 0 radical (unpaired) electrons. The van der Waals surface area contributed by atoms with E-state index in [-0.39, 0.29) is 19.1 Å². The zero-order valence-electron chi connectivity index (χ0n) is 9.91. The Labute approximate surface area is 104 Å². The van der Waals surface area contributed by atoms with E-state index in [1.54, 1.807) is 11.8 Å². The van der Waals surface area contributed by atoms with E-state index in [0.29, 0.717) is 5.82 Å². The molecule has 94 valence electrons. The summed E-state index contributed by atoms with van der Waals surface area (Å²) in [7, 11) is 0. The van der Waals surface area contributed by atoms with Gasteiger partial charge in [0.05, 0.1) is 6.61 Å². The number of halogens is 1. The average Bonchev–Trinajstić information content (AvgIpc) is 2.36. The smallest absolute Gasteiger partial charge is 0.313 e. The summed E-state index contributed by atoms with van der Waals surface area (Å²) in [4.78, 5) is 12.9. The van der Waals surface area contributed by atoms with Crippen LogP contribution in [-0.4, -0.2) is 33.2 Å². The quantitative estimate of drug-likeness (QED) is 0.887. The van der Waals surface area contributed by atoms with Crippen LogP contribution in [-0.2, 0) is 0 Å². The number of aliphatic hydroxyl groups excluding tert-OH is 1. The van der Waals surface area contributed by atoms with Crippen molar-refractivity contribution in [3.8, 4) is 0 Å². The van der Waals surface area contributed by atoms with Crippen molar-refractivity contribution in [1.29, 1.82) is 0 Å². The molecule has 6 heteroatoms. The molecule has 1 N–H and O–H groups in total. The first-order valence-corrected chi connectivity index (χ1v) is 5.52. The number of para-hydroxylation sites is 1. The highest BCUT2D eigenvalue weighted by atomic mass is 19.1. The summed E-state index contributed by atoms with van der Waals surface area (Å²) in [5.41, 5.74) is 0.788. The van der Waals surface area contributed by atoms with Crippen molar-refractivity contribution in [3.05, 3.63) is 42.2 Å². The molecule has 1 aromatic carbocycles. The van der Waals surface area contributed by atoms with Gasteiger partial charge in [0.25, 0.3) is 0 Å². The third-order valence-corrected chi connectivity index (χ3v) is 2.34. The molecule has 5 nitrogen and oxygen atoms in total. The SMILES string of the molecule is Cc1nc(F)nc(N(CCO)c2ccccc2)n1. The molecular formula is C12H13FN4O. The lowest BCUT2D eigenvalue weighted by molar-refractivity contribution is 0.305. The largest absolute Gasteiger partial charge is 0.395 e. The molecule has 2 aromatic rings. The number of hydrogen-bond acceptors (Lipinski definition) is 5. The Bertz CT molecular complexity index is 500. The molecule has 0 aliphatic heterocycles. The third kappa shape index (κ3) is 2.78. The summed E-state index contributed by atoms with van der Waals surface area (Å²) in [5, 5.41) is 9.09. The van der Waals surface area contributed by atoms with Gasteiger partial charge in [-0.3, -0.25) is 0 Å². The van der Waals surface area contributed by atoms with Crippen LogP contribution in [0.2, 0.25) is 0 Å². The maximum Gasteiger partial charge on any atom is 0.313 e. The lowest BCUT2D eigenvalue weighted by atomic mass is 10.3. The highest BCUT2D eigenvalue weighted by Crippen LogP contribution is 2.20. The summed E-state index contributed by atoms with van der Waals surface area (Å²) >= 11 is 0. The zero-order valence-corrected chi connectivity index (χ0v) is 9.91. The Kier molecular flexibility index (Phi) is 3.78. The van der Waals surface area contributed by atoms with E-state index in [9.17, 15) is 4.39 Å².